The molecule has 0 saturated heterocycles. The van der Waals surface area contributed by atoms with E-state index in [9.17, 15) is 13.2 Å². The lowest BCUT2D eigenvalue weighted by Gasteiger charge is -2.16. The Hall–Kier alpha value is -1.44. The largest absolute Gasteiger partial charge is 0.350 e. The number of aromatic nitrogens is 3. The van der Waals surface area contributed by atoms with Crippen molar-refractivity contribution in [3.8, 4) is 0 Å². The molecule has 19 heavy (non-hydrogen) atoms. The fourth-order valence-electron chi connectivity index (χ4n) is 2.03. The normalized spacial score (nSPS) is 14.5. The van der Waals surface area contributed by atoms with Gasteiger partial charge in [0.15, 0.2) is 5.82 Å². The van der Waals surface area contributed by atoms with Gasteiger partial charge in [0.25, 0.3) is 0 Å². The van der Waals surface area contributed by atoms with Gasteiger partial charge < -0.3 is 5.73 Å². The Morgan fingerprint density at radius 2 is 2.16 bits per heavy atom. The Morgan fingerprint density at radius 3 is 2.58 bits per heavy atom. The summed E-state index contributed by atoms with van der Waals surface area (Å²) in [6.07, 6.45) is 4.50. The molecule has 0 spiro atoms. The minimum atomic E-state index is -2.69. The van der Waals surface area contributed by atoms with Crippen LogP contribution in [0.25, 0.3) is 0 Å². The van der Waals surface area contributed by atoms with Gasteiger partial charge in [-0.25, -0.2) is 18.2 Å². The summed E-state index contributed by atoms with van der Waals surface area (Å²) >= 11 is 0. The Balaban J connectivity index is 2.90. The van der Waals surface area contributed by atoms with E-state index < -0.39 is 22.0 Å². The first-order valence-corrected chi connectivity index (χ1v) is 7.59. The quantitative estimate of drug-likeness (QED) is 0.730. The van der Waals surface area contributed by atoms with E-state index in [1.54, 1.807) is 0 Å². The molecule has 0 aromatic carbocycles. The number of hydrogen-bond acceptors (Lipinski definition) is 5. The van der Waals surface area contributed by atoms with Crippen LogP contribution in [0.2, 0.25) is 0 Å². The molecular weight excluding hydrogens is 268 g/mol. The number of rotatable bonds is 7. The van der Waals surface area contributed by atoms with Gasteiger partial charge in [0, 0.05) is 0 Å². The summed E-state index contributed by atoms with van der Waals surface area (Å²) < 4.78 is 23.6. The summed E-state index contributed by atoms with van der Waals surface area (Å²) in [6, 6.07) is -0.778. The first-order valence-electron chi connectivity index (χ1n) is 6.34. The zero-order valence-electron chi connectivity index (χ0n) is 11.2. The molecule has 1 aromatic heterocycles. The van der Waals surface area contributed by atoms with Crippen molar-refractivity contribution in [3.05, 3.63) is 12.2 Å². The van der Waals surface area contributed by atoms with Crippen molar-refractivity contribution < 1.29 is 13.2 Å². The lowest BCUT2D eigenvalue weighted by Crippen LogP contribution is -2.20. The van der Waals surface area contributed by atoms with Crippen molar-refractivity contribution in [2.75, 3.05) is 0 Å². The monoisotopic (exact) mass is 288 g/mol. The smallest absolute Gasteiger partial charge is 0.340 e. The first-order chi connectivity index (χ1) is 8.99. The number of nitrogens with zero attached hydrogens (tertiary/aromatic N) is 3. The molecule has 0 bridgehead atoms. The van der Waals surface area contributed by atoms with Gasteiger partial charge >= 0.3 is 6.03 Å². The zero-order chi connectivity index (χ0) is 14.4. The Labute approximate surface area is 114 Å². The van der Waals surface area contributed by atoms with Crippen molar-refractivity contribution >= 4 is 16.7 Å². The Bertz CT molecular complexity index is 490. The maximum Gasteiger partial charge on any atom is 0.340 e. The van der Waals surface area contributed by atoms with Gasteiger partial charge in [0.05, 0.1) is 0 Å². The standard InChI is InChI=1S/C11H20N4O3S/c1-3-5-8(4-2)6-9(19(17)18)10-13-7-15(14-10)11(12)16/h7-9,19H,3-6H2,1-2H3,(H2,12,16). The number of primary amides is 1. The lowest BCUT2D eigenvalue weighted by molar-refractivity contribution is 0.247. The van der Waals surface area contributed by atoms with Gasteiger partial charge in [-0.3, -0.25) is 0 Å². The summed E-state index contributed by atoms with van der Waals surface area (Å²) in [5, 5.41) is 3.07. The molecule has 1 rings (SSSR count). The van der Waals surface area contributed by atoms with Crippen LogP contribution < -0.4 is 5.73 Å². The lowest BCUT2D eigenvalue weighted by atomic mass is 9.95. The molecule has 108 valence electrons. The van der Waals surface area contributed by atoms with Gasteiger partial charge in [-0.15, -0.1) is 5.10 Å². The van der Waals surface area contributed by atoms with E-state index in [-0.39, 0.29) is 5.82 Å². The molecule has 0 aliphatic carbocycles. The second-order valence-corrected chi connectivity index (χ2v) is 5.68. The first kappa shape index (κ1) is 15.6. The second kappa shape index (κ2) is 7.22. The number of nitrogens with two attached hydrogens (primary N) is 1. The number of amides is 1. The number of carbonyl (C=O) groups is 1. The van der Waals surface area contributed by atoms with Crippen LogP contribution in [0, 0.1) is 5.92 Å². The molecule has 1 heterocycles. The third-order valence-corrected chi connectivity index (χ3v) is 4.07. The van der Waals surface area contributed by atoms with Crippen LogP contribution in [-0.4, -0.2) is 29.2 Å². The molecule has 0 saturated carbocycles. The van der Waals surface area contributed by atoms with Crippen LogP contribution in [0.5, 0.6) is 0 Å². The third kappa shape index (κ3) is 4.30. The van der Waals surface area contributed by atoms with E-state index in [0.29, 0.717) is 12.3 Å². The average Bonchev–Trinajstić information content (AvgIpc) is 2.83. The van der Waals surface area contributed by atoms with Gasteiger partial charge in [0.1, 0.15) is 22.3 Å². The molecule has 2 atom stereocenters. The minimum Gasteiger partial charge on any atom is -0.350 e. The van der Waals surface area contributed by atoms with Crippen LogP contribution in [0.4, 0.5) is 4.79 Å². The molecule has 2 N–H and O–H groups in total. The summed E-state index contributed by atoms with van der Waals surface area (Å²) in [6.45, 7) is 4.10. The van der Waals surface area contributed by atoms with Crippen LogP contribution >= 0.6 is 0 Å². The molecule has 8 heteroatoms. The van der Waals surface area contributed by atoms with Crippen molar-refractivity contribution in [1.82, 2.24) is 14.8 Å². The predicted octanol–water partition coefficient (Wildman–Crippen LogP) is 1.07. The maximum atomic E-state index is 11.4. The van der Waals surface area contributed by atoms with E-state index in [1.807, 2.05) is 6.92 Å². The third-order valence-electron chi connectivity index (χ3n) is 3.12. The number of hydrogen-bond donors (Lipinski definition) is 2. The highest BCUT2D eigenvalue weighted by molar-refractivity contribution is 7.72. The van der Waals surface area contributed by atoms with Crippen LogP contribution in [-0.2, 0) is 10.7 Å². The summed E-state index contributed by atoms with van der Waals surface area (Å²) in [5.41, 5.74) is 5.05. The average molecular weight is 288 g/mol. The van der Waals surface area contributed by atoms with Crippen molar-refractivity contribution in [2.24, 2.45) is 11.7 Å². The molecule has 1 amide bonds. The van der Waals surface area contributed by atoms with Gasteiger partial charge in [0.2, 0.25) is 0 Å². The second-order valence-electron chi connectivity index (χ2n) is 4.49. The molecular formula is C11H20N4O3S. The Kier molecular flexibility index (Phi) is 5.94. The van der Waals surface area contributed by atoms with Crippen LogP contribution in [0.15, 0.2) is 6.33 Å². The summed E-state index contributed by atoms with van der Waals surface area (Å²) in [7, 11) is -2.69. The topological polar surface area (TPSA) is 108 Å². The summed E-state index contributed by atoms with van der Waals surface area (Å²) in [5.74, 6) is 0.452. The fraction of sp³-hybridized carbons (Fsp3) is 0.727. The van der Waals surface area contributed by atoms with Gasteiger partial charge in [-0.05, 0) is 12.3 Å². The molecule has 0 aliphatic heterocycles. The Morgan fingerprint density at radius 1 is 1.47 bits per heavy atom. The SMILES string of the molecule is CCCC(CC)CC(c1ncn(C(N)=O)n1)[SH](=O)=O. The highest BCUT2D eigenvalue weighted by atomic mass is 32.2. The predicted molar refractivity (Wildman–Crippen MR) is 71.4 cm³/mol. The molecule has 1 aromatic rings. The van der Waals surface area contributed by atoms with E-state index in [1.165, 1.54) is 0 Å². The van der Waals surface area contributed by atoms with Crippen molar-refractivity contribution in [3.63, 3.8) is 0 Å². The van der Waals surface area contributed by atoms with E-state index in [4.69, 9.17) is 5.73 Å². The van der Waals surface area contributed by atoms with Crippen molar-refractivity contribution in [2.45, 2.75) is 44.8 Å². The highest BCUT2D eigenvalue weighted by Gasteiger charge is 2.23. The number of thiol groups is 1. The highest BCUT2D eigenvalue weighted by Crippen LogP contribution is 2.26. The fourth-order valence-corrected chi connectivity index (χ4v) is 2.81. The van der Waals surface area contributed by atoms with E-state index in [0.717, 1.165) is 30.3 Å². The van der Waals surface area contributed by atoms with Crippen LogP contribution in [0.1, 0.15) is 50.6 Å². The minimum absolute atomic E-state index is 0.143. The van der Waals surface area contributed by atoms with E-state index >= 15 is 0 Å². The molecule has 0 aliphatic rings. The molecule has 2 unspecified atom stereocenters. The molecule has 0 fully saturated rings. The molecule has 7 nitrogen and oxygen atoms in total. The van der Waals surface area contributed by atoms with Gasteiger partial charge in [-0.1, -0.05) is 33.1 Å². The number of carbonyl (C=O) groups excluding carboxylic acids is 1. The zero-order valence-corrected chi connectivity index (χ0v) is 12.0. The van der Waals surface area contributed by atoms with Gasteiger partial charge in [-0.2, -0.15) is 4.68 Å². The maximum absolute atomic E-state index is 11.4. The van der Waals surface area contributed by atoms with E-state index in [2.05, 4.69) is 17.0 Å². The molecule has 0 radical (unpaired) electrons. The van der Waals surface area contributed by atoms with Crippen molar-refractivity contribution in [1.29, 1.82) is 0 Å². The van der Waals surface area contributed by atoms with Crippen LogP contribution in [0.3, 0.4) is 0 Å². The summed E-state index contributed by atoms with van der Waals surface area (Å²) in [4.78, 5) is 14.8.